The number of carbonyl (C=O) groups excluding carboxylic acids is 1. The Morgan fingerprint density at radius 2 is 1.32 bits per heavy atom. The van der Waals surface area contributed by atoms with Crippen LogP contribution in [-0.4, -0.2) is 5.78 Å². The predicted octanol–water partition coefficient (Wildman–Crippen LogP) is 5.11. The zero-order chi connectivity index (χ0) is 16.4. The first-order valence-electron chi connectivity index (χ1n) is 7.59. The number of carbonyl (C=O) groups is 1. The maximum Gasteiger partial charge on any atom is 0.193 e. The van der Waals surface area contributed by atoms with E-state index in [9.17, 15) is 4.79 Å². The molecule has 114 valence electrons. The van der Waals surface area contributed by atoms with Gasteiger partial charge in [-0.2, -0.15) is 5.26 Å². The predicted molar refractivity (Wildman–Crippen MR) is 90.5 cm³/mol. The van der Waals surface area contributed by atoms with Gasteiger partial charge in [-0.1, -0.05) is 74.5 Å². The average molecular weight is 293 g/mol. The third kappa shape index (κ3) is 6.37. The van der Waals surface area contributed by atoms with E-state index in [1.807, 2.05) is 67.6 Å². The van der Waals surface area contributed by atoms with E-state index in [0.717, 1.165) is 17.5 Å². The van der Waals surface area contributed by atoms with Gasteiger partial charge in [0.1, 0.15) is 0 Å². The molecule has 0 N–H and O–H groups in total. The molecule has 0 radical (unpaired) electrons. The summed E-state index contributed by atoms with van der Waals surface area (Å²) in [7, 11) is 0. The Bertz CT molecular complexity index is 555. The summed E-state index contributed by atoms with van der Waals surface area (Å²) in [6.07, 6.45) is 1.02. The van der Waals surface area contributed by atoms with Crippen molar-refractivity contribution < 1.29 is 4.79 Å². The van der Waals surface area contributed by atoms with Crippen molar-refractivity contribution in [1.29, 1.82) is 5.26 Å². The molecule has 0 aliphatic rings. The highest BCUT2D eigenvalue weighted by atomic mass is 16.1. The lowest BCUT2D eigenvalue weighted by atomic mass is 10.0. The second kappa shape index (κ2) is 9.52. The molecular formula is C20H23NO. The summed E-state index contributed by atoms with van der Waals surface area (Å²) in [6.45, 7) is 6.22. The van der Waals surface area contributed by atoms with Crippen LogP contribution in [0.2, 0.25) is 0 Å². The largest absolute Gasteiger partial charge is 0.289 e. The molecule has 0 saturated carbocycles. The fourth-order valence-electron chi connectivity index (χ4n) is 2.11. The first kappa shape index (κ1) is 17.7. The summed E-state index contributed by atoms with van der Waals surface area (Å²) in [5.41, 5.74) is 1.47. The lowest BCUT2D eigenvalue weighted by Gasteiger charge is -2.03. The van der Waals surface area contributed by atoms with Gasteiger partial charge in [0.25, 0.3) is 0 Å². The molecule has 2 aromatic rings. The molecular weight excluding hydrogens is 270 g/mol. The van der Waals surface area contributed by atoms with Crippen LogP contribution in [0.15, 0.2) is 60.7 Å². The van der Waals surface area contributed by atoms with Crippen LogP contribution in [-0.2, 0) is 0 Å². The molecule has 2 aromatic carbocycles. The average Bonchev–Trinajstić information content (AvgIpc) is 2.55. The summed E-state index contributed by atoms with van der Waals surface area (Å²) in [6, 6.07) is 20.8. The number of nitrogens with zero attached hydrogens (tertiary/aromatic N) is 1. The van der Waals surface area contributed by atoms with Crippen molar-refractivity contribution in [1.82, 2.24) is 0 Å². The van der Waals surface area contributed by atoms with Crippen molar-refractivity contribution in [3.8, 4) is 6.07 Å². The van der Waals surface area contributed by atoms with Crippen molar-refractivity contribution in [3.05, 3.63) is 71.8 Å². The van der Waals surface area contributed by atoms with E-state index >= 15 is 0 Å². The van der Waals surface area contributed by atoms with Crippen LogP contribution in [0.1, 0.15) is 43.1 Å². The summed E-state index contributed by atoms with van der Waals surface area (Å²) in [5, 5.41) is 8.33. The van der Waals surface area contributed by atoms with Gasteiger partial charge in [-0.05, 0) is 19.3 Å². The van der Waals surface area contributed by atoms with Crippen LogP contribution < -0.4 is 0 Å². The summed E-state index contributed by atoms with van der Waals surface area (Å²) >= 11 is 0. The monoisotopic (exact) mass is 293 g/mol. The minimum absolute atomic E-state index is 0.0752. The Morgan fingerprint density at radius 3 is 1.59 bits per heavy atom. The number of ketones is 1. The van der Waals surface area contributed by atoms with Gasteiger partial charge in [0, 0.05) is 17.0 Å². The fourth-order valence-corrected chi connectivity index (χ4v) is 2.11. The van der Waals surface area contributed by atoms with Crippen molar-refractivity contribution in [2.24, 2.45) is 11.8 Å². The number of nitriles is 1. The van der Waals surface area contributed by atoms with Crippen LogP contribution in [0.3, 0.4) is 0 Å². The first-order chi connectivity index (χ1) is 10.5. The van der Waals surface area contributed by atoms with Crippen LogP contribution in [0.4, 0.5) is 0 Å². The van der Waals surface area contributed by atoms with E-state index in [2.05, 4.69) is 19.9 Å². The van der Waals surface area contributed by atoms with E-state index in [0.29, 0.717) is 5.92 Å². The van der Waals surface area contributed by atoms with Gasteiger partial charge in [0.15, 0.2) is 5.78 Å². The molecule has 0 aliphatic carbocycles. The highest BCUT2D eigenvalue weighted by Gasteiger charge is 2.06. The van der Waals surface area contributed by atoms with E-state index in [1.165, 1.54) is 0 Å². The molecule has 0 aliphatic heterocycles. The van der Waals surface area contributed by atoms with Crippen LogP contribution in [0.5, 0.6) is 0 Å². The second-order valence-corrected chi connectivity index (χ2v) is 5.72. The standard InChI is InChI=1S/C13H10O.C7H13N/c14-13(11-7-3-1-4-8-11)12-9-5-2-6-10-12;1-6(2)4-7(3)5-8/h1-10H;6-7H,4H2,1-3H3. The van der Waals surface area contributed by atoms with E-state index in [-0.39, 0.29) is 11.7 Å². The van der Waals surface area contributed by atoms with Gasteiger partial charge in [0.2, 0.25) is 0 Å². The molecule has 2 rings (SSSR count). The number of rotatable bonds is 4. The van der Waals surface area contributed by atoms with Crippen LogP contribution in [0.25, 0.3) is 0 Å². The van der Waals surface area contributed by atoms with Crippen molar-refractivity contribution in [2.75, 3.05) is 0 Å². The summed E-state index contributed by atoms with van der Waals surface area (Å²) in [4.78, 5) is 11.8. The number of hydrogen-bond acceptors (Lipinski definition) is 2. The van der Waals surface area contributed by atoms with Gasteiger partial charge >= 0.3 is 0 Å². The Kier molecular flexibility index (Phi) is 7.64. The molecule has 2 nitrogen and oxygen atoms in total. The quantitative estimate of drug-likeness (QED) is 0.735. The molecule has 1 unspecified atom stereocenters. The van der Waals surface area contributed by atoms with Crippen LogP contribution >= 0.6 is 0 Å². The van der Waals surface area contributed by atoms with E-state index in [1.54, 1.807) is 0 Å². The highest BCUT2D eigenvalue weighted by Crippen LogP contribution is 2.09. The Morgan fingerprint density at radius 1 is 0.909 bits per heavy atom. The zero-order valence-corrected chi connectivity index (χ0v) is 13.5. The maximum atomic E-state index is 11.8. The molecule has 0 heterocycles. The van der Waals surface area contributed by atoms with Crippen molar-refractivity contribution in [3.63, 3.8) is 0 Å². The van der Waals surface area contributed by atoms with E-state index < -0.39 is 0 Å². The molecule has 0 fully saturated rings. The third-order valence-corrected chi connectivity index (χ3v) is 3.12. The SMILES string of the molecule is CC(C)CC(C)C#N.O=C(c1ccccc1)c1ccccc1. The lowest BCUT2D eigenvalue weighted by molar-refractivity contribution is 0.103. The van der Waals surface area contributed by atoms with Gasteiger partial charge in [0.05, 0.1) is 6.07 Å². The Hall–Kier alpha value is -2.40. The molecule has 0 spiro atoms. The molecule has 22 heavy (non-hydrogen) atoms. The molecule has 2 heteroatoms. The second-order valence-electron chi connectivity index (χ2n) is 5.72. The molecule has 0 bridgehead atoms. The first-order valence-corrected chi connectivity index (χ1v) is 7.59. The molecule has 0 aromatic heterocycles. The van der Waals surface area contributed by atoms with Crippen molar-refractivity contribution in [2.45, 2.75) is 27.2 Å². The zero-order valence-electron chi connectivity index (χ0n) is 13.5. The lowest BCUT2D eigenvalue weighted by Crippen LogP contribution is -1.99. The topological polar surface area (TPSA) is 40.9 Å². The highest BCUT2D eigenvalue weighted by molar-refractivity contribution is 6.08. The maximum absolute atomic E-state index is 11.8. The molecule has 0 saturated heterocycles. The van der Waals surface area contributed by atoms with Crippen LogP contribution in [0, 0.1) is 23.2 Å². The Balaban J connectivity index is 0.000000261. The molecule has 0 amide bonds. The third-order valence-electron chi connectivity index (χ3n) is 3.12. The summed E-state index contributed by atoms with van der Waals surface area (Å²) in [5.74, 6) is 0.964. The molecule has 1 atom stereocenters. The van der Waals surface area contributed by atoms with Gasteiger partial charge in [-0.3, -0.25) is 4.79 Å². The minimum Gasteiger partial charge on any atom is -0.289 e. The van der Waals surface area contributed by atoms with Gasteiger partial charge in [-0.25, -0.2) is 0 Å². The van der Waals surface area contributed by atoms with Crippen molar-refractivity contribution >= 4 is 5.78 Å². The summed E-state index contributed by atoms with van der Waals surface area (Å²) < 4.78 is 0. The normalized spacial score (nSPS) is 11.0. The minimum atomic E-state index is 0.0752. The number of hydrogen-bond donors (Lipinski definition) is 0. The van der Waals surface area contributed by atoms with Gasteiger partial charge < -0.3 is 0 Å². The van der Waals surface area contributed by atoms with Gasteiger partial charge in [-0.15, -0.1) is 0 Å². The fraction of sp³-hybridized carbons (Fsp3) is 0.300. The Labute approximate surface area is 133 Å². The smallest absolute Gasteiger partial charge is 0.193 e. The number of benzene rings is 2. The van der Waals surface area contributed by atoms with E-state index in [4.69, 9.17) is 5.26 Å².